The van der Waals surface area contributed by atoms with E-state index in [9.17, 15) is 0 Å². The molecular weight excluding hydrogens is 184 g/mol. The van der Waals surface area contributed by atoms with Crippen molar-refractivity contribution < 1.29 is 0 Å². The summed E-state index contributed by atoms with van der Waals surface area (Å²) in [6, 6.07) is 0. The highest BCUT2D eigenvalue weighted by atomic mass is 32.2. The molecule has 0 aromatic heterocycles. The second-order valence-electron chi connectivity index (χ2n) is 3.69. The molecule has 1 saturated carbocycles. The molecule has 0 spiro atoms. The third-order valence-electron chi connectivity index (χ3n) is 2.97. The van der Waals surface area contributed by atoms with Gasteiger partial charge in [-0.05, 0) is 31.3 Å². The highest BCUT2D eigenvalue weighted by molar-refractivity contribution is 8.03. The summed E-state index contributed by atoms with van der Waals surface area (Å²) in [6.07, 6.45) is 10.4. The lowest BCUT2D eigenvalue weighted by atomic mass is 10.0. The summed E-state index contributed by atoms with van der Waals surface area (Å²) >= 11 is 4.10. The molecule has 12 heavy (non-hydrogen) atoms. The lowest BCUT2D eigenvalue weighted by Crippen LogP contribution is -2.24. The number of rotatable bonds is 4. The molecule has 2 unspecified atom stereocenters. The first kappa shape index (κ1) is 10.8. The minimum atomic E-state index is 0.836. The minimum absolute atomic E-state index is 0.836. The third kappa shape index (κ3) is 2.59. The fourth-order valence-electron chi connectivity index (χ4n) is 2.19. The van der Waals surface area contributed by atoms with E-state index in [1.54, 1.807) is 0 Å². The fourth-order valence-corrected chi connectivity index (χ4v) is 4.38. The molecular formula is C10H20S2. The molecule has 0 saturated heterocycles. The molecule has 0 heterocycles. The van der Waals surface area contributed by atoms with Gasteiger partial charge < -0.3 is 0 Å². The first-order chi connectivity index (χ1) is 5.79. The summed E-state index contributed by atoms with van der Waals surface area (Å²) < 4.78 is 0. The minimum Gasteiger partial charge on any atom is -0.161 e. The van der Waals surface area contributed by atoms with Crippen molar-refractivity contribution in [2.45, 2.75) is 43.1 Å². The van der Waals surface area contributed by atoms with Gasteiger partial charge in [0.25, 0.3) is 0 Å². The fraction of sp³-hybridized carbons (Fsp3) is 1.00. The molecule has 0 nitrogen and oxygen atoms in total. The van der Waals surface area contributed by atoms with Gasteiger partial charge in [0, 0.05) is 10.5 Å². The van der Waals surface area contributed by atoms with E-state index in [2.05, 4.69) is 31.2 Å². The van der Waals surface area contributed by atoms with Gasteiger partial charge in [0.05, 0.1) is 0 Å². The molecule has 0 aromatic carbocycles. The average molecular weight is 204 g/mol. The Morgan fingerprint density at radius 1 is 1.08 bits per heavy atom. The Kier molecular flexibility index (Phi) is 4.88. The largest absolute Gasteiger partial charge is 0.161 e. The quantitative estimate of drug-likeness (QED) is 0.685. The van der Waals surface area contributed by atoms with E-state index in [0.717, 1.165) is 16.4 Å². The van der Waals surface area contributed by atoms with E-state index in [4.69, 9.17) is 0 Å². The summed E-state index contributed by atoms with van der Waals surface area (Å²) in [6.45, 7) is 2.38. The average Bonchev–Trinajstić information content (AvgIpc) is 2.58. The zero-order chi connectivity index (χ0) is 8.97. The van der Waals surface area contributed by atoms with Crippen molar-refractivity contribution >= 4 is 23.5 Å². The lowest BCUT2D eigenvalue weighted by molar-refractivity contribution is 0.519. The van der Waals surface area contributed by atoms with E-state index in [-0.39, 0.29) is 0 Å². The Morgan fingerprint density at radius 2 is 1.67 bits per heavy atom. The maximum atomic E-state index is 2.38. The van der Waals surface area contributed by atoms with Crippen molar-refractivity contribution in [1.82, 2.24) is 0 Å². The van der Waals surface area contributed by atoms with Crippen LogP contribution in [0.1, 0.15) is 32.6 Å². The van der Waals surface area contributed by atoms with Crippen LogP contribution in [-0.2, 0) is 0 Å². The molecule has 1 fully saturated rings. The molecule has 0 aliphatic heterocycles. The SMILES string of the molecule is CSC(C)C(SC)C1CCCC1. The second kappa shape index (κ2) is 5.43. The van der Waals surface area contributed by atoms with Gasteiger partial charge >= 0.3 is 0 Å². The zero-order valence-corrected chi connectivity index (χ0v) is 10.0. The van der Waals surface area contributed by atoms with Crippen LogP contribution < -0.4 is 0 Å². The molecule has 2 heteroatoms. The summed E-state index contributed by atoms with van der Waals surface area (Å²) in [5.41, 5.74) is 0. The van der Waals surface area contributed by atoms with Crippen molar-refractivity contribution in [1.29, 1.82) is 0 Å². The molecule has 2 atom stereocenters. The van der Waals surface area contributed by atoms with E-state index >= 15 is 0 Å². The summed E-state index contributed by atoms with van der Waals surface area (Å²) in [7, 11) is 0. The van der Waals surface area contributed by atoms with Crippen LogP contribution >= 0.6 is 23.5 Å². The monoisotopic (exact) mass is 204 g/mol. The third-order valence-corrected chi connectivity index (χ3v) is 5.52. The van der Waals surface area contributed by atoms with Crippen molar-refractivity contribution in [3.8, 4) is 0 Å². The number of thioether (sulfide) groups is 2. The van der Waals surface area contributed by atoms with Crippen LogP contribution in [0.4, 0.5) is 0 Å². The van der Waals surface area contributed by atoms with Crippen molar-refractivity contribution in [2.75, 3.05) is 12.5 Å². The smallest absolute Gasteiger partial charge is 0.0189 e. The van der Waals surface area contributed by atoms with E-state index in [1.165, 1.54) is 25.7 Å². The van der Waals surface area contributed by atoms with Crippen LogP contribution in [0.25, 0.3) is 0 Å². The van der Waals surface area contributed by atoms with Crippen molar-refractivity contribution in [2.24, 2.45) is 5.92 Å². The molecule has 0 bridgehead atoms. The van der Waals surface area contributed by atoms with Crippen LogP contribution in [-0.4, -0.2) is 23.0 Å². The molecule has 0 aromatic rings. The van der Waals surface area contributed by atoms with Gasteiger partial charge in [-0.1, -0.05) is 19.8 Å². The topological polar surface area (TPSA) is 0 Å². The Balaban J connectivity index is 2.42. The van der Waals surface area contributed by atoms with Crippen LogP contribution in [0.2, 0.25) is 0 Å². The van der Waals surface area contributed by atoms with Crippen LogP contribution in [0.3, 0.4) is 0 Å². The molecule has 0 N–H and O–H groups in total. The van der Waals surface area contributed by atoms with Gasteiger partial charge in [-0.3, -0.25) is 0 Å². The molecule has 1 aliphatic carbocycles. The number of hydrogen-bond donors (Lipinski definition) is 0. The van der Waals surface area contributed by atoms with Gasteiger partial charge in [-0.15, -0.1) is 0 Å². The molecule has 0 amide bonds. The maximum absolute atomic E-state index is 2.38. The Morgan fingerprint density at radius 3 is 2.08 bits per heavy atom. The first-order valence-electron chi connectivity index (χ1n) is 4.85. The predicted molar refractivity (Wildman–Crippen MR) is 62.2 cm³/mol. The normalized spacial score (nSPS) is 24.2. The van der Waals surface area contributed by atoms with E-state index in [1.807, 2.05) is 11.8 Å². The highest BCUT2D eigenvalue weighted by Crippen LogP contribution is 2.37. The number of hydrogen-bond acceptors (Lipinski definition) is 2. The Labute approximate surface area is 85.3 Å². The van der Waals surface area contributed by atoms with Gasteiger partial charge in [0.2, 0.25) is 0 Å². The highest BCUT2D eigenvalue weighted by Gasteiger charge is 2.27. The summed E-state index contributed by atoms with van der Waals surface area (Å²) in [5, 5.41) is 1.74. The Bertz CT molecular complexity index is 119. The van der Waals surface area contributed by atoms with Gasteiger partial charge in [-0.25, -0.2) is 0 Å². The molecule has 1 aliphatic rings. The van der Waals surface area contributed by atoms with E-state index in [0.29, 0.717) is 0 Å². The van der Waals surface area contributed by atoms with Crippen molar-refractivity contribution in [3.05, 3.63) is 0 Å². The summed E-state index contributed by atoms with van der Waals surface area (Å²) in [4.78, 5) is 0. The van der Waals surface area contributed by atoms with Crippen molar-refractivity contribution in [3.63, 3.8) is 0 Å². The van der Waals surface area contributed by atoms with Crippen LogP contribution in [0.5, 0.6) is 0 Å². The Hall–Kier alpha value is 0.700. The second-order valence-corrected chi connectivity index (χ2v) is 5.92. The van der Waals surface area contributed by atoms with Gasteiger partial charge in [0.1, 0.15) is 0 Å². The molecule has 1 rings (SSSR count). The van der Waals surface area contributed by atoms with E-state index < -0.39 is 0 Å². The van der Waals surface area contributed by atoms with Crippen LogP contribution in [0.15, 0.2) is 0 Å². The maximum Gasteiger partial charge on any atom is 0.0189 e. The van der Waals surface area contributed by atoms with Gasteiger partial charge in [0.15, 0.2) is 0 Å². The first-order valence-corrected chi connectivity index (χ1v) is 7.42. The lowest BCUT2D eigenvalue weighted by Gasteiger charge is -2.26. The molecule has 72 valence electrons. The van der Waals surface area contributed by atoms with Crippen LogP contribution in [0, 0.1) is 5.92 Å². The van der Waals surface area contributed by atoms with Gasteiger partial charge in [-0.2, -0.15) is 23.5 Å². The zero-order valence-electron chi connectivity index (χ0n) is 8.38. The predicted octanol–water partition coefficient (Wildman–Crippen LogP) is 3.66. The standard InChI is InChI=1S/C10H20S2/c1-8(11-2)10(12-3)9-6-4-5-7-9/h8-10H,4-7H2,1-3H3. The summed E-state index contributed by atoms with van der Waals surface area (Å²) in [5.74, 6) is 1.02. The molecule has 0 radical (unpaired) electrons.